The van der Waals surface area contributed by atoms with E-state index in [1.807, 2.05) is 65.6 Å². The summed E-state index contributed by atoms with van der Waals surface area (Å²) in [5.41, 5.74) is 1.96. The Morgan fingerprint density at radius 3 is 2.20 bits per heavy atom. The fourth-order valence-corrected chi connectivity index (χ4v) is 3.16. The van der Waals surface area contributed by atoms with E-state index in [-0.39, 0.29) is 23.7 Å². The second-order valence-electron chi connectivity index (χ2n) is 6.98. The lowest BCUT2D eigenvalue weighted by molar-refractivity contribution is -0.126. The fourth-order valence-electron chi connectivity index (χ4n) is 3.16. The number of carbonyl (C=O) groups is 2. The van der Waals surface area contributed by atoms with Gasteiger partial charge >= 0.3 is 0 Å². The van der Waals surface area contributed by atoms with Crippen LogP contribution in [0.1, 0.15) is 24.8 Å². The molecule has 2 fully saturated rings. The van der Waals surface area contributed by atoms with Crippen LogP contribution in [-0.4, -0.2) is 17.9 Å². The fraction of sp³-hybridized carbons (Fsp3) is 0.333. The second-order valence-corrected chi connectivity index (χ2v) is 6.98. The van der Waals surface area contributed by atoms with Crippen LogP contribution >= 0.6 is 0 Å². The Kier molecular flexibility index (Phi) is 4.26. The van der Waals surface area contributed by atoms with E-state index >= 15 is 0 Å². The molecule has 2 saturated carbocycles. The van der Waals surface area contributed by atoms with Gasteiger partial charge in [-0.3, -0.25) is 9.59 Å². The smallest absolute Gasteiger partial charge is 0.231 e. The third-order valence-electron chi connectivity index (χ3n) is 4.89. The van der Waals surface area contributed by atoms with E-state index in [9.17, 15) is 9.59 Å². The molecule has 0 radical (unpaired) electrons. The quantitative estimate of drug-likeness (QED) is 0.882. The maximum atomic E-state index is 13.1. The minimum Gasteiger partial charge on any atom is -0.353 e. The SMILES string of the molecule is O=C(NC1CC1)C1CC1C(=O)N(Cc1ccccc1)c1ccccc1. The Hall–Kier alpha value is -2.62. The molecule has 2 aromatic rings. The van der Waals surface area contributed by atoms with Crippen molar-refractivity contribution < 1.29 is 9.59 Å². The van der Waals surface area contributed by atoms with Crippen molar-refractivity contribution >= 4 is 17.5 Å². The zero-order valence-corrected chi connectivity index (χ0v) is 14.1. The standard InChI is InChI=1S/C21H22N2O2/c24-20(22-16-11-12-16)18-13-19(18)21(25)23(17-9-5-2-6-10-17)14-15-7-3-1-4-8-15/h1-10,16,18-19H,11-14H2,(H,22,24). The van der Waals surface area contributed by atoms with Crippen LogP contribution in [0.25, 0.3) is 0 Å². The monoisotopic (exact) mass is 334 g/mol. The van der Waals surface area contributed by atoms with Crippen LogP contribution in [0, 0.1) is 11.8 Å². The number of benzene rings is 2. The molecule has 1 N–H and O–H groups in total. The zero-order chi connectivity index (χ0) is 17.2. The van der Waals surface area contributed by atoms with Crippen LogP contribution in [0.4, 0.5) is 5.69 Å². The van der Waals surface area contributed by atoms with Crippen molar-refractivity contribution in [2.24, 2.45) is 11.8 Å². The summed E-state index contributed by atoms with van der Waals surface area (Å²) in [7, 11) is 0. The lowest BCUT2D eigenvalue weighted by Gasteiger charge is -2.23. The van der Waals surface area contributed by atoms with Crippen LogP contribution in [0.5, 0.6) is 0 Å². The van der Waals surface area contributed by atoms with Gasteiger partial charge in [-0.15, -0.1) is 0 Å². The molecule has 2 atom stereocenters. The number of amides is 2. The molecular formula is C21H22N2O2. The summed E-state index contributed by atoms with van der Waals surface area (Å²) < 4.78 is 0. The molecule has 4 heteroatoms. The van der Waals surface area contributed by atoms with Gasteiger partial charge in [0.2, 0.25) is 11.8 Å². The van der Waals surface area contributed by atoms with Gasteiger partial charge in [0.15, 0.2) is 0 Å². The first-order valence-corrected chi connectivity index (χ1v) is 8.93. The average molecular weight is 334 g/mol. The number of nitrogens with zero attached hydrogens (tertiary/aromatic N) is 1. The van der Waals surface area contributed by atoms with Crippen LogP contribution in [0.3, 0.4) is 0 Å². The van der Waals surface area contributed by atoms with Crippen LogP contribution < -0.4 is 10.2 Å². The topological polar surface area (TPSA) is 49.4 Å². The summed E-state index contributed by atoms with van der Waals surface area (Å²) >= 11 is 0. The maximum absolute atomic E-state index is 13.1. The largest absolute Gasteiger partial charge is 0.353 e. The van der Waals surface area contributed by atoms with Crippen LogP contribution in [-0.2, 0) is 16.1 Å². The third kappa shape index (κ3) is 3.73. The van der Waals surface area contributed by atoms with E-state index in [2.05, 4.69) is 5.32 Å². The predicted molar refractivity (Wildman–Crippen MR) is 96.8 cm³/mol. The molecule has 2 aliphatic rings. The molecule has 0 saturated heterocycles. The first-order valence-electron chi connectivity index (χ1n) is 8.93. The summed E-state index contributed by atoms with van der Waals surface area (Å²) in [6.45, 7) is 0.525. The van der Waals surface area contributed by atoms with Crippen molar-refractivity contribution in [3.8, 4) is 0 Å². The minimum atomic E-state index is -0.192. The predicted octanol–water partition coefficient (Wildman–Crippen LogP) is 3.13. The molecule has 2 aliphatic carbocycles. The number of rotatable bonds is 6. The summed E-state index contributed by atoms with van der Waals surface area (Å²) in [6.07, 6.45) is 2.80. The van der Waals surface area contributed by atoms with E-state index < -0.39 is 0 Å². The van der Waals surface area contributed by atoms with Crippen LogP contribution in [0.15, 0.2) is 60.7 Å². The summed E-state index contributed by atoms with van der Waals surface area (Å²) in [6, 6.07) is 20.0. The molecule has 4 nitrogen and oxygen atoms in total. The molecule has 2 unspecified atom stereocenters. The van der Waals surface area contributed by atoms with E-state index in [1.165, 1.54) is 0 Å². The Bertz CT molecular complexity index is 756. The molecule has 25 heavy (non-hydrogen) atoms. The average Bonchev–Trinajstić information content (AvgIpc) is 3.55. The molecule has 0 spiro atoms. The maximum Gasteiger partial charge on any atom is 0.231 e. The normalized spacial score (nSPS) is 21.4. The summed E-state index contributed by atoms with van der Waals surface area (Å²) in [5, 5.41) is 3.02. The Morgan fingerprint density at radius 1 is 0.920 bits per heavy atom. The van der Waals surface area contributed by atoms with Gasteiger partial charge in [-0.25, -0.2) is 0 Å². The van der Waals surface area contributed by atoms with Crippen molar-refractivity contribution in [2.45, 2.75) is 31.8 Å². The van der Waals surface area contributed by atoms with Gasteiger partial charge in [-0.05, 0) is 37.0 Å². The molecule has 2 amide bonds. The van der Waals surface area contributed by atoms with Gasteiger partial charge in [0.05, 0.1) is 18.4 Å². The zero-order valence-electron chi connectivity index (χ0n) is 14.1. The van der Waals surface area contributed by atoms with E-state index in [1.54, 1.807) is 0 Å². The second kappa shape index (κ2) is 6.71. The number of nitrogens with one attached hydrogen (secondary N) is 1. The minimum absolute atomic E-state index is 0.0472. The molecule has 0 aromatic heterocycles. The number of anilines is 1. The van der Waals surface area contributed by atoms with E-state index in [0.717, 1.165) is 24.1 Å². The van der Waals surface area contributed by atoms with Gasteiger partial charge in [-0.2, -0.15) is 0 Å². The first-order chi connectivity index (χ1) is 12.2. The number of hydrogen-bond acceptors (Lipinski definition) is 2. The third-order valence-corrected chi connectivity index (χ3v) is 4.89. The first kappa shape index (κ1) is 15.9. The molecule has 0 bridgehead atoms. The van der Waals surface area contributed by atoms with Gasteiger partial charge in [0.25, 0.3) is 0 Å². The molecule has 128 valence electrons. The van der Waals surface area contributed by atoms with E-state index in [4.69, 9.17) is 0 Å². The van der Waals surface area contributed by atoms with Gasteiger partial charge in [0.1, 0.15) is 0 Å². The Balaban J connectivity index is 1.49. The molecular weight excluding hydrogens is 312 g/mol. The van der Waals surface area contributed by atoms with Crippen molar-refractivity contribution in [2.75, 3.05) is 4.90 Å². The molecule has 2 aromatic carbocycles. The number of hydrogen-bond donors (Lipinski definition) is 1. The van der Waals surface area contributed by atoms with E-state index in [0.29, 0.717) is 19.0 Å². The summed E-state index contributed by atoms with van der Waals surface area (Å²) in [5.74, 6) is -0.252. The highest BCUT2D eigenvalue weighted by molar-refractivity contribution is 6.01. The van der Waals surface area contributed by atoms with Crippen molar-refractivity contribution in [1.29, 1.82) is 0 Å². The van der Waals surface area contributed by atoms with Crippen molar-refractivity contribution in [3.05, 3.63) is 66.2 Å². The Labute approximate surface area is 147 Å². The van der Waals surface area contributed by atoms with Gasteiger partial charge < -0.3 is 10.2 Å². The summed E-state index contributed by atoms with van der Waals surface area (Å²) in [4.78, 5) is 27.1. The lowest BCUT2D eigenvalue weighted by Crippen LogP contribution is -2.34. The highest BCUT2D eigenvalue weighted by atomic mass is 16.2. The highest BCUT2D eigenvalue weighted by Gasteiger charge is 2.50. The molecule has 0 heterocycles. The van der Waals surface area contributed by atoms with Crippen LogP contribution in [0.2, 0.25) is 0 Å². The van der Waals surface area contributed by atoms with Gasteiger partial charge in [0, 0.05) is 11.7 Å². The lowest BCUT2D eigenvalue weighted by atomic mass is 10.1. The molecule has 0 aliphatic heterocycles. The number of para-hydroxylation sites is 1. The Morgan fingerprint density at radius 2 is 1.56 bits per heavy atom. The van der Waals surface area contributed by atoms with Gasteiger partial charge in [-0.1, -0.05) is 48.5 Å². The molecule has 4 rings (SSSR count). The van der Waals surface area contributed by atoms with Crippen molar-refractivity contribution in [1.82, 2.24) is 5.32 Å². The number of carbonyl (C=O) groups excluding carboxylic acids is 2. The van der Waals surface area contributed by atoms with Crippen molar-refractivity contribution in [3.63, 3.8) is 0 Å². The highest BCUT2D eigenvalue weighted by Crippen LogP contribution is 2.42.